The van der Waals surface area contributed by atoms with Gasteiger partial charge >= 0.3 is 14.0 Å². The monoisotopic (exact) mass is 670 g/mol. The van der Waals surface area contributed by atoms with Crippen molar-refractivity contribution < 1.29 is 50.4 Å². The maximum Gasteiger partial charge on any atom is 0.466 e. The van der Waals surface area contributed by atoms with Crippen LogP contribution in [0.1, 0.15) is 23.6 Å². The number of nitrogens with two attached hydrogens (primary N) is 3. The maximum absolute atomic E-state index is 13.7. The van der Waals surface area contributed by atoms with E-state index in [1.807, 2.05) is 0 Å². The summed E-state index contributed by atoms with van der Waals surface area (Å²) in [6.45, 7) is -0.302. The zero-order chi connectivity index (χ0) is 32.6. The van der Waals surface area contributed by atoms with E-state index in [-0.39, 0.29) is 68.2 Å². The SMILES string of the molecule is CN(C)/C(N)=N/C(=N)N.Cl.NC(CC(=O)N1CCn2c(nnc2C(F)(F)F)C1)Cc1cc(F)c(F)cc1F.O=P(O)(O)O. The molecule has 0 radical (unpaired) electrons. The minimum Gasteiger partial charge on any atom is -0.369 e. The van der Waals surface area contributed by atoms with Crippen LogP contribution in [0.25, 0.3) is 0 Å². The summed E-state index contributed by atoms with van der Waals surface area (Å²) in [5, 5.41) is 13.3. The molecule has 2 heterocycles. The van der Waals surface area contributed by atoms with E-state index in [4.69, 9.17) is 41.9 Å². The summed E-state index contributed by atoms with van der Waals surface area (Å²) in [4.78, 5) is 40.2. The second-order valence-corrected chi connectivity index (χ2v) is 9.72. The number of hydrogen-bond donors (Lipinski definition) is 7. The zero-order valence-corrected chi connectivity index (χ0v) is 24.2. The average molecular weight is 671 g/mol. The van der Waals surface area contributed by atoms with Crippen LogP contribution < -0.4 is 17.2 Å². The van der Waals surface area contributed by atoms with Crippen molar-refractivity contribution in [2.24, 2.45) is 22.2 Å². The molecular formula is C20H30ClF6N10O5P. The Bertz CT molecular complexity index is 1330. The van der Waals surface area contributed by atoms with E-state index < -0.39 is 49.2 Å². The van der Waals surface area contributed by atoms with Crippen LogP contribution in [0.2, 0.25) is 0 Å². The van der Waals surface area contributed by atoms with Gasteiger partial charge in [0.05, 0.1) is 6.54 Å². The van der Waals surface area contributed by atoms with Crippen molar-refractivity contribution in [1.82, 2.24) is 24.6 Å². The second kappa shape index (κ2) is 16.4. The molecule has 2 aromatic rings. The van der Waals surface area contributed by atoms with Gasteiger partial charge in [0.2, 0.25) is 17.7 Å². The number of hydrogen-bond acceptors (Lipinski definition) is 6. The van der Waals surface area contributed by atoms with Crippen molar-refractivity contribution in [2.75, 3.05) is 20.6 Å². The summed E-state index contributed by atoms with van der Waals surface area (Å²) < 4.78 is 88.1. The Balaban J connectivity index is 0.000000983. The number of phosphoric acid groups is 1. The Morgan fingerprint density at radius 3 is 2.12 bits per heavy atom. The summed E-state index contributed by atoms with van der Waals surface area (Å²) in [6.07, 6.45) is -5.11. The van der Waals surface area contributed by atoms with Gasteiger partial charge in [-0.15, -0.1) is 22.6 Å². The molecule has 0 spiro atoms. The Hall–Kier alpha value is -3.49. The molecule has 0 bridgehead atoms. The molecule has 0 saturated heterocycles. The molecule has 1 aromatic heterocycles. The van der Waals surface area contributed by atoms with Crippen molar-refractivity contribution in [3.63, 3.8) is 0 Å². The lowest BCUT2D eigenvalue weighted by atomic mass is 10.0. The molecule has 1 aliphatic heterocycles. The van der Waals surface area contributed by atoms with E-state index in [0.29, 0.717) is 12.1 Å². The highest BCUT2D eigenvalue weighted by Crippen LogP contribution is 2.29. The number of alkyl halides is 3. The van der Waals surface area contributed by atoms with Crippen LogP contribution >= 0.6 is 20.2 Å². The summed E-state index contributed by atoms with van der Waals surface area (Å²) in [7, 11) is -1.19. The molecule has 1 aliphatic rings. The number of amides is 1. The first kappa shape index (κ1) is 39.5. The first-order valence-electron chi connectivity index (χ1n) is 11.4. The number of carbonyl (C=O) groups excluding carboxylic acids is 1. The molecule has 244 valence electrons. The van der Waals surface area contributed by atoms with Gasteiger partial charge < -0.3 is 46.2 Å². The highest BCUT2D eigenvalue weighted by atomic mass is 35.5. The molecule has 43 heavy (non-hydrogen) atoms. The first-order valence-corrected chi connectivity index (χ1v) is 13.0. The summed E-state index contributed by atoms with van der Waals surface area (Å²) in [5.41, 5.74) is 15.8. The number of rotatable bonds is 4. The summed E-state index contributed by atoms with van der Waals surface area (Å²) >= 11 is 0. The van der Waals surface area contributed by atoms with Gasteiger partial charge in [0, 0.05) is 45.7 Å². The van der Waals surface area contributed by atoms with Crippen LogP contribution in [0.4, 0.5) is 26.3 Å². The molecule has 10 N–H and O–H groups in total. The van der Waals surface area contributed by atoms with E-state index in [2.05, 4.69) is 15.2 Å². The highest BCUT2D eigenvalue weighted by Gasteiger charge is 2.40. The number of fused-ring (bicyclic) bond motifs is 1. The molecule has 1 amide bonds. The van der Waals surface area contributed by atoms with Gasteiger partial charge in [0.15, 0.2) is 23.4 Å². The fourth-order valence-electron chi connectivity index (χ4n) is 3.23. The average Bonchev–Trinajstić information content (AvgIpc) is 3.25. The smallest absolute Gasteiger partial charge is 0.369 e. The number of benzene rings is 1. The topological polar surface area (TPSA) is 246 Å². The standard InChI is InChI=1S/C16H15F6N5O.C4H11N5.ClH.H3O4P/c17-10-6-12(19)11(18)4-8(10)3-9(23)5-14(28)26-1-2-27-13(7-26)24-25-15(27)16(20,21)22;1-9(2)4(7)8-3(5)6;;1-5(2,3)4/h4,6,9H,1-3,5,7,23H2;1-2H3,(H5,5,6,7,8);1H;(H3,1,2,3,4). The predicted molar refractivity (Wildman–Crippen MR) is 142 cm³/mol. The fourth-order valence-corrected chi connectivity index (χ4v) is 3.23. The molecule has 1 unspecified atom stereocenters. The first-order chi connectivity index (χ1) is 19.1. The number of carbonyl (C=O) groups is 1. The number of aliphatic imine (C=N–C) groups is 1. The van der Waals surface area contributed by atoms with Crippen LogP contribution in [-0.2, 0) is 35.0 Å². The van der Waals surface area contributed by atoms with E-state index in [9.17, 15) is 31.1 Å². The third-order valence-corrected chi connectivity index (χ3v) is 5.06. The van der Waals surface area contributed by atoms with Crippen LogP contribution in [-0.4, -0.2) is 83.8 Å². The lowest BCUT2D eigenvalue weighted by Gasteiger charge is -2.29. The molecule has 0 aliphatic carbocycles. The van der Waals surface area contributed by atoms with Gasteiger partial charge in [0.25, 0.3) is 0 Å². The molecule has 23 heteroatoms. The lowest BCUT2D eigenvalue weighted by Crippen LogP contribution is -2.42. The Morgan fingerprint density at radius 1 is 1.12 bits per heavy atom. The Labute approximate surface area is 246 Å². The van der Waals surface area contributed by atoms with E-state index >= 15 is 0 Å². The molecular weight excluding hydrogens is 641 g/mol. The fraction of sp³-hybridized carbons (Fsp3) is 0.450. The van der Waals surface area contributed by atoms with Crippen molar-refractivity contribution in [1.29, 1.82) is 5.41 Å². The molecule has 0 fully saturated rings. The Kier molecular flexibility index (Phi) is 15.1. The van der Waals surface area contributed by atoms with Gasteiger partial charge in [-0.05, 0) is 18.1 Å². The zero-order valence-electron chi connectivity index (χ0n) is 22.5. The maximum atomic E-state index is 13.7. The van der Waals surface area contributed by atoms with E-state index in [0.717, 1.165) is 4.57 Å². The number of aromatic nitrogens is 3. The number of halogens is 7. The minimum absolute atomic E-state index is 0. The van der Waals surface area contributed by atoms with Gasteiger partial charge in [-0.1, -0.05) is 0 Å². The summed E-state index contributed by atoms with van der Waals surface area (Å²) in [6, 6.07) is 0.184. The third-order valence-electron chi connectivity index (χ3n) is 5.06. The summed E-state index contributed by atoms with van der Waals surface area (Å²) in [5.74, 6) is -5.19. The van der Waals surface area contributed by atoms with Crippen LogP contribution in [0.15, 0.2) is 17.1 Å². The number of nitrogens with one attached hydrogen (secondary N) is 1. The van der Waals surface area contributed by atoms with Crippen LogP contribution in [0.3, 0.4) is 0 Å². The normalized spacial score (nSPS) is 13.8. The lowest BCUT2D eigenvalue weighted by molar-refractivity contribution is -0.148. The Morgan fingerprint density at radius 2 is 1.65 bits per heavy atom. The van der Waals surface area contributed by atoms with Crippen LogP contribution in [0, 0.1) is 22.9 Å². The van der Waals surface area contributed by atoms with E-state index in [1.54, 1.807) is 19.0 Å². The van der Waals surface area contributed by atoms with E-state index in [1.165, 1.54) is 4.90 Å². The van der Waals surface area contributed by atoms with Crippen molar-refractivity contribution in [3.8, 4) is 0 Å². The van der Waals surface area contributed by atoms with Crippen molar-refractivity contribution in [2.45, 2.75) is 38.1 Å². The largest absolute Gasteiger partial charge is 0.466 e. The number of guanidine groups is 2. The molecule has 15 nitrogen and oxygen atoms in total. The van der Waals surface area contributed by atoms with Crippen molar-refractivity contribution >= 4 is 38.1 Å². The molecule has 3 rings (SSSR count). The van der Waals surface area contributed by atoms with Crippen molar-refractivity contribution in [3.05, 3.63) is 46.8 Å². The third kappa shape index (κ3) is 14.0. The van der Waals surface area contributed by atoms with Gasteiger partial charge in [-0.25, -0.2) is 17.7 Å². The number of nitrogens with zero attached hydrogens (tertiary/aromatic N) is 6. The predicted octanol–water partition coefficient (Wildman–Crippen LogP) is 0.266. The van der Waals surface area contributed by atoms with Gasteiger partial charge in [-0.2, -0.15) is 18.2 Å². The van der Waals surface area contributed by atoms with Gasteiger partial charge in [-0.3, -0.25) is 10.2 Å². The second-order valence-electron chi connectivity index (χ2n) is 8.69. The quantitative estimate of drug-likeness (QED) is 0.0765. The molecule has 1 atom stereocenters. The molecule has 0 saturated carbocycles. The molecule has 1 aromatic carbocycles. The minimum atomic E-state index is -4.64. The highest BCUT2D eigenvalue weighted by molar-refractivity contribution is 7.45. The van der Waals surface area contributed by atoms with Crippen LogP contribution in [0.5, 0.6) is 0 Å². The van der Waals surface area contributed by atoms with Gasteiger partial charge in [0.1, 0.15) is 5.82 Å².